The monoisotopic (exact) mass is 361 g/mol. The summed E-state index contributed by atoms with van der Waals surface area (Å²) in [7, 11) is 0. The summed E-state index contributed by atoms with van der Waals surface area (Å²) < 4.78 is 37.7. The van der Waals surface area contributed by atoms with E-state index in [1.165, 1.54) is 0 Å². The lowest BCUT2D eigenvalue weighted by Crippen LogP contribution is -2.33. The van der Waals surface area contributed by atoms with Crippen molar-refractivity contribution in [2.75, 3.05) is 0 Å². The van der Waals surface area contributed by atoms with Gasteiger partial charge in [-0.3, -0.25) is 0 Å². The first-order valence-electron chi connectivity index (χ1n) is 8.19. The van der Waals surface area contributed by atoms with E-state index in [0.717, 1.165) is 50.3 Å². The van der Waals surface area contributed by atoms with Gasteiger partial charge >= 0.3 is 6.18 Å². The summed E-state index contributed by atoms with van der Waals surface area (Å²) in [4.78, 5) is 41.6. The second-order valence-electron chi connectivity index (χ2n) is 5.70. The summed E-state index contributed by atoms with van der Waals surface area (Å²) in [6.45, 7) is 2.06. The van der Waals surface area contributed by atoms with E-state index < -0.39 is 30.7 Å². The van der Waals surface area contributed by atoms with Crippen LogP contribution in [0, 0.1) is 5.92 Å². The number of unbranched alkanes of at least 4 members (excludes halogenated alkanes) is 5. The molecule has 0 aliphatic rings. The quantitative estimate of drug-likeness (QED) is 0.277. The van der Waals surface area contributed by atoms with Gasteiger partial charge in [-0.1, -0.05) is 45.4 Å². The third-order valence-electron chi connectivity index (χ3n) is 3.86. The molecule has 0 aromatic carbocycles. The smallest absolute Gasteiger partial charge is 0.211 e. The first-order valence-corrected chi connectivity index (χ1v) is 8.19. The highest BCUT2D eigenvalue weighted by Gasteiger charge is 2.41. The summed E-state index contributed by atoms with van der Waals surface area (Å²) in [5, 5.41) is 0. The van der Waals surface area contributed by atoms with Crippen LogP contribution in [0.4, 0.5) is 13.2 Å². The van der Waals surface area contributed by atoms with Crippen LogP contribution in [-0.2, 0) is 14.4 Å². The van der Waals surface area contributed by atoms with Crippen LogP contribution in [0.25, 0.3) is 0 Å². The highest BCUT2D eigenvalue weighted by atomic mass is 19.4. The molecule has 0 aromatic heterocycles. The molecule has 0 bridgehead atoms. The lowest BCUT2D eigenvalue weighted by molar-refractivity contribution is -0.138. The molecule has 0 saturated heterocycles. The fourth-order valence-electron chi connectivity index (χ4n) is 2.59. The number of halogens is 3. The van der Waals surface area contributed by atoms with E-state index in [0.29, 0.717) is 6.42 Å². The van der Waals surface area contributed by atoms with E-state index in [1.807, 2.05) is 0 Å². The Morgan fingerprint density at radius 1 is 0.800 bits per heavy atom. The Bertz CT molecular complexity index is 487. The van der Waals surface area contributed by atoms with E-state index in [4.69, 9.17) is 0 Å². The maximum absolute atomic E-state index is 12.6. The SMILES string of the molecule is CCCCCCCCC(CCC(F)(F)F)C(N=C=O)(N=C=O)N=C=O. The van der Waals surface area contributed by atoms with Gasteiger partial charge in [-0.25, -0.2) is 14.4 Å². The Morgan fingerprint density at radius 3 is 1.72 bits per heavy atom. The molecule has 25 heavy (non-hydrogen) atoms. The van der Waals surface area contributed by atoms with Gasteiger partial charge in [-0.2, -0.15) is 13.2 Å². The van der Waals surface area contributed by atoms with E-state index in [2.05, 4.69) is 21.9 Å². The molecule has 0 amide bonds. The molecule has 0 aliphatic carbocycles. The van der Waals surface area contributed by atoms with Crippen molar-refractivity contribution in [1.82, 2.24) is 0 Å². The predicted octanol–water partition coefficient (Wildman–Crippen LogP) is 4.36. The molecule has 0 aliphatic heterocycles. The summed E-state index contributed by atoms with van der Waals surface area (Å²) >= 11 is 0. The van der Waals surface area contributed by atoms with Gasteiger partial charge < -0.3 is 0 Å². The molecular weight excluding hydrogens is 339 g/mol. The third-order valence-corrected chi connectivity index (χ3v) is 3.86. The van der Waals surface area contributed by atoms with E-state index in [9.17, 15) is 27.6 Å². The maximum Gasteiger partial charge on any atom is 0.389 e. The fourth-order valence-corrected chi connectivity index (χ4v) is 2.59. The molecule has 140 valence electrons. The van der Waals surface area contributed by atoms with Crippen LogP contribution in [-0.4, -0.2) is 30.2 Å². The van der Waals surface area contributed by atoms with Gasteiger partial charge in [0.25, 0.3) is 5.79 Å². The van der Waals surface area contributed by atoms with Crippen LogP contribution in [0.3, 0.4) is 0 Å². The summed E-state index contributed by atoms with van der Waals surface area (Å²) in [5.74, 6) is -3.32. The first kappa shape index (κ1) is 22.9. The number of hydrogen-bond donors (Lipinski definition) is 0. The highest BCUT2D eigenvalue weighted by molar-refractivity contribution is 5.42. The standard InChI is InChI=1S/C16H22F3N3O3/c1-2-3-4-5-6-7-8-14(9-10-15(17,18)19)16(20-11-23,21-12-24)22-13-25/h14H,2-10H2,1H3. The molecule has 0 saturated carbocycles. The van der Waals surface area contributed by atoms with Crippen molar-refractivity contribution in [3.63, 3.8) is 0 Å². The second-order valence-corrected chi connectivity index (χ2v) is 5.70. The van der Waals surface area contributed by atoms with Crippen molar-refractivity contribution in [1.29, 1.82) is 0 Å². The number of carbonyl (C=O) groups excluding carboxylic acids is 3. The molecule has 9 heteroatoms. The van der Waals surface area contributed by atoms with Crippen LogP contribution in [0.15, 0.2) is 15.0 Å². The molecule has 0 fully saturated rings. The van der Waals surface area contributed by atoms with E-state index in [1.54, 1.807) is 0 Å². The van der Waals surface area contributed by atoms with Gasteiger partial charge in [0.2, 0.25) is 18.2 Å². The second kappa shape index (κ2) is 12.3. The molecule has 0 radical (unpaired) electrons. The first-order chi connectivity index (χ1) is 11.8. The number of hydrogen-bond acceptors (Lipinski definition) is 6. The largest absolute Gasteiger partial charge is 0.389 e. The zero-order chi connectivity index (χ0) is 19.2. The normalized spacial score (nSPS) is 14.4. The van der Waals surface area contributed by atoms with Gasteiger partial charge in [-0.05, 0) is 12.8 Å². The Balaban J connectivity index is 5.25. The molecule has 0 spiro atoms. The van der Waals surface area contributed by atoms with Crippen LogP contribution < -0.4 is 0 Å². The maximum atomic E-state index is 12.6. The Kier molecular flexibility index (Phi) is 11.3. The fraction of sp³-hybridized carbons (Fsp3) is 0.812. The molecule has 1 unspecified atom stereocenters. The summed E-state index contributed by atoms with van der Waals surface area (Å²) in [5.41, 5.74) is 0. The van der Waals surface area contributed by atoms with E-state index in [-0.39, 0.29) is 6.42 Å². The lowest BCUT2D eigenvalue weighted by atomic mass is 9.89. The average molecular weight is 361 g/mol. The van der Waals surface area contributed by atoms with Crippen molar-refractivity contribution >= 4 is 18.2 Å². The van der Waals surface area contributed by atoms with Crippen LogP contribution in [0.1, 0.15) is 64.7 Å². The third kappa shape index (κ3) is 9.72. The van der Waals surface area contributed by atoms with E-state index >= 15 is 0 Å². The zero-order valence-corrected chi connectivity index (χ0v) is 14.1. The molecule has 6 nitrogen and oxygen atoms in total. The van der Waals surface area contributed by atoms with Gasteiger partial charge in [-0.15, -0.1) is 15.0 Å². The predicted molar refractivity (Wildman–Crippen MR) is 83.9 cm³/mol. The Hall–Kier alpha value is -2.07. The number of alkyl halides is 3. The van der Waals surface area contributed by atoms with Crippen LogP contribution in [0.5, 0.6) is 0 Å². The topological polar surface area (TPSA) is 88.3 Å². The number of isocyanates is 3. The van der Waals surface area contributed by atoms with Gasteiger partial charge in [0.1, 0.15) is 0 Å². The van der Waals surface area contributed by atoms with Gasteiger partial charge in [0.05, 0.1) is 0 Å². The van der Waals surface area contributed by atoms with Crippen molar-refractivity contribution < 1.29 is 27.6 Å². The number of rotatable bonds is 13. The van der Waals surface area contributed by atoms with Gasteiger partial charge in [0.15, 0.2) is 0 Å². The number of aliphatic imine (C=N–C) groups is 3. The molecular formula is C16H22F3N3O3. The van der Waals surface area contributed by atoms with Gasteiger partial charge in [0, 0.05) is 12.3 Å². The minimum Gasteiger partial charge on any atom is -0.211 e. The van der Waals surface area contributed by atoms with Crippen LogP contribution >= 0.6 is 0 Å². The van der Waals surface area contributed by atoms with Crippen molar-refractivity contribution in [3.8, 4) is 0 Å². The van der Waals surface area contributed by atoms with Crippen molar-refractivity contribution in [2.45, 2.75) is 76.7 Å². The van der Waals surface area contributed by atoms with Crippen molar-refractivity contribution in [3.05, 3.63) is 0 Å². The minimum absolute atomic E-state index is 0.170. The average Bonchev–Trinajstić information content (AvgIpc) is 2.53. The Labute approximate surface area is 144 Å². The molecule has 0 N–H and O–H groups in total. The summed E-state index contributed by atoms with van der Waals surface area (Å²) in [6.07, 6.45) is 2.80. The lowest BCUT2D eigenvalue weighted by Gasteiger charge is -2.27. The number of nitrogens with zero attached hydrogens (tertiary/aromatic N) is 3. The molecule has 0 aromatic rings. The molecule has 0 heterocycles. The molecule has 0 rings (SSSR count). The van der Waals surface area contributed by atoms with Crippen molar-refractivity contribution in [2.24, 2.45) is 20.9 Å². The minimum atomic E-state index is -4.44. The van der Waals surface area contributed by atoms with Crippen LogP contribution in [0.2, 0.25) is 0 Å². The Morgan fingerprint density at radius 2 is 1.28 bits per heavy atom. The molecule has 1 atom stereocenters. The zero-order valence-electron chi connectivity index (χ0n) is 14.1. The summed E-state index contributed by atoms with van der Waals surface area (Å²) in [6, 6.07) is 0. The highest BCUT2D eigenvalue weighted by Crippen LogP contribution is 2.36.